The minimum atomic E-state index is -0.448. The largest absolute Gasteiger partial charge is 0.426 e. The molecule has 6 nitrogen and oxygen atoms in total. The number of benzene rings is 6. The molecule has 0 aliphatic heterocycles. The van der Waals surface area contributed by atoms with Crippen LogP contribution in [-0.4, -0.2) is 23.5 Å². The quantitative estimate of drug-likeness (QED) is 0.0863. The maximum atomic E-state index is 13.5. The van der Waals surface area contributed by atoms with Gasteiger partial charge >= 0.3 is 11.9 Å². The number of esters is 2. The van der Waals surface area contributed by atoms with Crippen LogP contribution in [0.25, 0.3) is 32.7 Å². The zero-order valence-corrected chi connectivity index (χ0v) is 28.8. The Balaban J connectivity index is 1.34. The van der Waals surface area contributed by atoms with Gasteiger partial charge in [-0.05, 0) is 81.6 Å². The molecule has 6 aromatic rings. The van der Waals surface area contributed by atoms with Crippen molar-refractivity contribution in [1.29, 1.82) is 0 Å². The first-order valence-electron chi connectivity index (χ1n) is 16.9. The summed E-state index contributed by atoms with van der Waals surface area (Å²) in [6.07, 6.45) is 0.873. The summed E-state index contributed by atoms with van der Waals surface area (Å²) in [4.78, 5) is 49.9. The van der Waals surface area contributed by atoms with Crippen molar-refractivity contribution in [1.82, 2.24) is 0 Å². The molecule has 0 amide bonds. The first-order valence-corrected chi connectivity index (χ1v) is 16.9. The average Bonchev–Trinajstić information content (AvgIpc) is 3.15. The van der Waals surface area contributed by atoms with Crippen molar-refractivity contribution >= 4 is 45.0 Å². The highest BCUT2D eigenvalue weighted by Crippen LogP contribution is 2.45. The van der Waals surface area contributed by atoms with Crippen LogP contribution in [0.3, 0.4) is 0 Å². The first-order chi connectivity index (χ1) is 25.3. The van der Waals surface area contributed by atoms with Gasteiger partial charge in [-0.3, -0.25) is 19.2 Å². The summed E-state index contributed by atoms with van der Waals surface area (Å²) < 4.78 is 12.3. The van der Waals surface area contributed by atoms with E-state index in [1.54, 1.807) is 12.1 Å². The molecule has 6 heteroatoms. The standard InChI is InChI=1S/C46H34O6/c1-31(47)19-21-33-11-3-5-13-35(33)25-29-43(49)51-41-27-23-37-15-7-9-17-39(37)45(41)46-40-18-10-8-16-38(40)24-28-42(46)52-44(50)30-26-36-14-6-4-12-34(36)22-20-32(2)48/h3-18,23-24,27-28H,25-26,29-30H2,1-2H3. The van der Waals surface area contributed by atoms with Crippen molar-refractivity contribution in [3.05, 3.63) is 144 Å². The molecule has 0 saturated carbocycles. The smallest absolute Gasteiger partial charge is 0.311 e. The molecule has 6 rings (SSSR count). The van der Waals surface area contributed by atoms with Crippen LogP contribution in [0.1, 0.15) is 48.9 Å². The number of hydrogen-bond donors (Lipinski definition) is 0. The number of carbonyl (C=O) groups is 4. The first kappa shape index (κ1) is 35.1. The molecule has 6 aromatic carbocycles. The van der Waals surface area contributed by atoms with Crippen molar-refractivity contribution in [2.75, 3.05) is 0 Å². The van der Waals surface area contributed by atoms with Crippen LogP contribution in [0, 0.1) is 23.7 Å². The number of fused-ring (bicyclic) bond motifs is 2. The number of Topliss-reactive ketones (excluding diaryl/α,β-unsaturated/α-hetero) is 2. The second kappa shape index (κ2) is 16.3. The summed E-state index contributed by atoms with van der Waals surface area (Å²) in [5.41, 5.74) is 4.30. The summed E-state index contributed by atoms with van der Waals surface area (Å²) in [6.45, 7) is 2.82. The van der Waals surface area contributed by atoms with Gasteiger partial charge in [0.1, 0.15) is 11.5 Å². The number of hydrogen-bond acceptors (Lipinski definition) is 6. The molecule has 0 saturated heterocycles. The van der Waals surface area contributed by atoms with E-state index in [1.807, 2.05) is 109 Å². The molecule has 0 bridgehead atoms. The zero-order valence-electron chi connectivity index (χ0n) is 28.8. The van der Waals surface area contributed by atoms with Crippen LogP contribution in [0.2, 0.25) is 0 Å². The van der Waals surface area contributed by atoms with E-state index >= 15 is 0 Å². The molecular formula is C46H34O6. The Morgan fingerprint density at radius 3 is 1.29 bits per heavy atom. The van der Waals surface area contributed by atoms with E-state index in [2.05, 4.69) is 23.7 Å². The summed E-state index contributed by atoms with van der Waals surface area (Å²) in [5.74, 6) is 10.2. The molecule has 0 radical (unpaired) electrons. The fraction of sp³-hybridized carbons (Fsp3) is 0.130. The monoisotopic (exact) mass is 682 g/mol. The van der Waals surface area contributed by atoms with Gasteiger partial charge < -0.3 is 9.47 Å². The van der Waals surface area contributed by atoms with Crippen LogP contribution >= 0.6 is 0 Å². The fourth-order valence-electron chi connectivity index (χ4n) is 6.04. The number of ether oxygens (including phenoxy) is 2. The van der Waals surface area contributed by atoms with Crippen molar-refractivity contribution in [2.24, 2.45) is 0 Å². The van der Waals surface area contributed by atoms with Crippen molar-refractivity contribution in [3.63, 3.8) is 0 Å². The van der Waals surface area contributed by atoms with Gasteiger partial charge in [0.25, 0.3) is 0 Å². The van der Waals surface area contributed by atoms with E-state index in [1.165, 1.54) is 13.8 Å². The van der Waals surface area contributed by atoms with Crippen molar-refractivity contribution in [3.8, 4) is 46.3 Å². The maximum absolute atomic E-state index is 13.5. The topological polar surface area (TPSA) is 86.7 Å². The average molecular weight is 683 g/mol. The Morgan fingerprint density at radius 1 is 0.481 bits per heavy atom. The molecule has 254 valence electrons. The fourth-order valence-corrected chi connectivity index (χ4v) is 6.04. The van der Waals surface area contributed by atoms with Gasteiger partial charge in [0, 0.05) is 36.1 Å². The number of carbonyl (C=O) groups excluding carboxylic acids is 4. The van der Waals surface area contributed by atoms with Gasteiger partial charge in [-0.15, -0.1) is 0 Å². The molecule has 0 N–H and O–H groups in total. The molecule has 0 aliphatic carbocycles. The Labute approximate surface area is 302 Å². The summed E-state index contributed by atoms with van der Waals surface area (Å²) >= 11 is 0. The molecular weight excluding hydrogens is 649 g/mol. The Bertz CT molecular complexity index is 2310. The minimum Gasteiger partial charge on any atom is -0.426 e. The minimum absolute atomic E-state index is 0.0701. The van der Waals surface area contributed by atoms with Gasteiger partial charge in [-0.1, -0.05) is 109 Å². The van der Waals surface area contributed by atoms with E-state index in [4.69, 9.17) is 9.47 Å². The normalized spacial score (nSPS) is 10.4. The summed E-state index contributed by atoms with van der Waals surface area (Å²) in [7, 11) is 0. The number of rotatable bonds is 9. The molecule has 0 aromatic heterocycles. The second-order valence-corrected chi connectivity index (χ2v) is 12.2. The van der Waals surface area contributed by atoms with Crippen molar-refractivity contribution in [2.45, 2.75) is 39.5 Å². The van der Waals surface area contributed by atoms with E-state index < -0.39 is 11.9 Å². The van der Waals surface area contributed by atoms with Crippen LogP contribution < -0.4 is 9.47 Å². The Hall–Kier alpha value is -6.76. The lowest BCUT2D eigenvalue weighted by Crippen LogP contribution is -2.12. The van der Waals surface area contributed by atoms with Gasteiger partial charge in [0.05, 0.1) is 12.8 Å². The lowest BCUT2D eigenvalue weighted by Gasteiger charge is -2.19. The third-order valence-electron chi connectivity index (χ3n) is 8.46. The van der Waals surface area contributed by atoms with Gasteiger partial charge in [-0.25, -0.2) is 0 Å². The third kappa shape index (κ3) is 8.51. The maximum Gasteiger partial charge on any atom is 0.311 e. The van der Waals surface area contributed by atoms with Crippen LogP contribution in [0.15, 0.2) is 121 Å². The van der Waals surface area contributed by atoms with Gasteiger partial charge in [0.15, 0.2) is 0 Å². The molecule has 0 atom stereocenters. The molecule has 0 unspecified atom stereocenters. The van der Waals surface area contributed by atoms with E-state index in [0.717, 1.165) is 32.7 Å². The van der Waals surface area contributed by atoms with Crippen LogP contribution in [0.5, 0.6) is 11.5 Å². The third-order valence-corrected chi connectivity index (χ3v) is 8.46. The second-order valence-electron chi connectivity index (χ2n) is 12.2. The Kier molecular flexibility index (Phi) is 11.0. The highest BCUT2D eigenvalue weighted by Gasteiger charge is 2.22. The summed E-state index contributed by atoms with van der Waals surface area (Å²) in [5, 5.41) is 3.49. The molecule has 0 fully saturated rings. The SMILES string of the molecule is CC(=O)C#Cc1ccccc1CCC(=O)Oc1ccc2ccccc2c1-c1c(OC(=O)CCc2ccccc2C#CC(C)=O)ccc2ccccc12. The molecule has 52 heavy (non-hydrogen) atoms. The Morgan fingerprint density at radius 2 is 0.865 bits per heavy atom. The number of aryl methyl sites for hydroxylation is 2. The van der Waals surface area contributed by atoms with E-state index in [-0.39, 0.29) is 24.4 Å². The van der Waals surface area contributed by atoms with Gasteiger partial charge in [-0.2, -0.15) is 0 Å². The molecule has 0 aliphatic rings. The van der Waals surface area contributed by atoms with Crippen LogP contribution in [0.4, 0.5) is 0 Å². The highest BCUT2D eigenvalue weighted by atomic mass is 16.5. The van der Waals surface area contributed by atoms with Crippen LogP contribution in [-0.2, 0) is 32.0 Å². The predicted molar refractivity (Wildman–Crippen MR) is 203 cm³/mol. The van der Waals surface area contributed by atoms with Gasteiger partial charge in [0.2, 0.25) is 11.6 Å². The van der Waals surface area contributed by atoms with E-state index in [9.17, 15) is 19.2 Å². The lowest BCUT2D eigenvalue weighted by molar-refractivity contribution is -0.135. The number of ketones is 2. The van der Waals surface area contributed by atoms with Crippen molar-refractivity contribution < 1.29 is 28.7 Å². The molecule has 0 spiro atoms. The zero-order chi connectivity index (χ0) is 36.5. The lowest BCUT2D eigenvalue weighted by atomic mass is 9.92. The highest BCUT2D eigenvalue weighted by molar-refractivity contribution is 6.10. The molecule has 0 heterocycles. The predicted octanol–water partition coefficient (Wildman–Crippen LogP) is 8.62. The van der Waals surface area contributed by atoms with E-state index in [0.29, 0.717) is 46.6 Å². The summed E-state index contributed by atoms with van der Waals surface area (Å²) in [6, 6.07) is 37.7.